The van der Waals surface area contributed by atoms with Crippen LogP contribution in [0.15, 0.2) is 18.5 Å². The van der Waals surface area contributed by atoms with Gasteiger partial charge in [0.1, 0.15) is 0 Å². The number of hydrogen-bond acceptors (Lipinski definition) is 4. The van der Waals surface area contributed by atoms with Crippen LogP contribution >= 0.6 is 0 Å². The number of pyridine rings is 1. The van der Waals surface area contributed by atoms with E-state index in [-0.39, 0.29) is 6.61 Å². The van der Waals surface area contributed by atoms with Crippen molar-refractivity contribution in [1.29, 1.82) is 0 Å². The maximum atomic E-state index is 11.5. The van der Waals surface area contributed by atoms with Crippen LogP contribution in [0.5, 0.6) is 0 Å². The number of carbonyl (C=O) groups is 2. The highest BCUT2D eigenvalue weighted by molar-refractivity contribution is 5.92. The van der Waals surface area contributed by atoms with Crippen molar-refractivity contribution in [2.45, 2.75) is 13.0 Å². The van der Waals surface area contributed by atoms with Crippen LogP contribution in [0.25, 0.3) is 0 Å². The predicted octanol–water partition coefficient (Wildman–Crippen LogP) is 0.611. The summed E-state index contributed by atoms with van der Waals surface area (Å²) in [5, 5.41) is 13.6. The lowest BCUT2D eigenvalue weighted by molar-refractivity contribution is -0.140. The molecule has 1 rings (SSSR count). The van der Waals surface area contributed by atoms with Crippen LogP contribution in [0.2, 0.25) is 0 Å². The second kappa shape index (κ2) is 6.55. The maximum absolute atomic E-state index is 11.5. The van der Waals surface area contributed by atoms with Gasteiger partial charge in [-0.25, -0.2) is 9.59 Å². The standard InChI is InChI=1S/C11H15N3O4/c1-7-3-8(5-12-4-7)13-11(17)14-9(6-18-2)10(15)16/h3-5,9H,6H2,1-2H3,(H,15,16)(H2,13,14,17). The highest BCUT2D eigenvalue weighted by Gasteiger charge is 2.19. The molecule has 1 aromatic rings. The lowest BCUT2D eigenvalue weighted by Gasteiger charge is -2.14. The van der Waals surface area contributed by atoms with E-state index in [0.717, 1.165) is 5.56 Å². The number of rotatable bonds is 5. The molecule has 0 saturated heterocycles. The molecule has 2 amide bonds. The predicted molar refractivity (Wildman–Crippen MR) is 64.4 cm³/mol. The van der Waals surface area contributed by atoms with E-state index in [1.54, 1.807) is 12.3 Å². The normalized spacial score (nSPS) is 11.7. The lowest BCUT2D eigenvalue weighted by atomic mass is 10.3. The van der Waals surface area contributed by atoms with Crippen molar-refractivity contribution in [2.24, 2.45) is 0 Å². The number of hydrogen-bond donors (Lipinski definition) is 3. The van der Waals surface area contributed by atoms with Crippen LogP contribution in [-0.4, -0.2) is 41.8 Å². The van der Waals surface area contributed by atoms with Gasteiger partial charge in [0.05, 0.1) is 18.5 Å². The number of anilines is 1. The number of ether oxygens (including phenoxy) is 1. The number of methoxy groups -OCH3 is 1. The second-order valence-electron chi connectivity index (χ2n) is 3.70. The van der Waals surface area contributed by atoms with E-state index < -0.39 is 18.0 Å². The topological polar surface area (TPSA) is 101 Å². The molecule has 0 aliphatic carbocycles. The minimum atomic E-state index is -1.16. The number of urea groups is 1. The fraction of sp³-hybridized carbons (Fsp3) is 0.364. The molecule has 0 aromatic carbocycles. The van der Waals surface area contributed by atoms with Crippen molar-refractivity contribution in [3.8, 4) is 0 Å². The van der Waals surface area contributed by atoms with Gasteiger partial charge in [-0.1, -0.05) is 0 Å². The van der Waals surface area contributed by atoms with Gasteiger partial charge in [-0.15, -0.1) is 0 Å². The van der Waals surface area contributed by atoms with E-state index in [0.29, 0.717) is 5.69 Å². The Hall–Kier alpha value is -2.15. The highest BCUT2D eigenvalue weighted by Crippen LogP contribution is 2.06. The Kier molecular flexibility index (Phi) is 5.06. The van der Waals surface area contributed by atoms with E-state index in [9.17, 15) is 9.59 Å². The van der Waals surface area contributed by atoms with Crippen molar-refractivity contribution in [2.75, 3.05) is 19.0 Å². The van der Waals surface area contributed by atoms with E-state index in [2.05, 4.69) is 15.6 Å². The Morgan fingerprint density at radius 2 is 2.22 bits per heavy atom. The van der Waals surface area contributed by atoms with E-state index in [4.69, 9.17) is 9.84 Å². The number of carboxylic acids is 1. The molecule has 3 N–H and O–H groups in total. The van der Waals surface area contributed by atoms with Gasteiger partial charge in [-0.2, -0.15) is 0 Å². The van der Waals surface area contributed by atoms with Crippen LogP contribution in [0.1, 0.15) is 5.56 Å². The van der Waals surface area contributed by atoms with E-state index in [1.807, 2.05) is 6.92 Å². The molecule has 0 aliphatic heterocycles. The minimum absolute atomic E-state index is 0.102. The molecule has 0 saturated carbocycles. The zero-order valence-corrected chi connectivity index (χ0v) is 10.1. The molecule has 7 heteroatoms. The second-order valence-corrected chi connectivity index (χ2v) is 3.70. The third-order valence-corrected chi connectivity index (χ3v) is 2.07. The van der Waals surface area contributed by atoms with Crippen LogP contribution in [0.3, 0.4) is 0 Å². The molecule has 0 aliphatic rings. The van der Waals surface area contributed by atoms with Crippen LogP contribution in [0, 0.1) is 6.92 Å². The molecule has 1 unspecified atom stereocenters. The molecule has 0 spiro atoms. The van der Waals surface area contributed by atoms with Crippen molar-refractivity contribution in [3.05, 3.63) is 24.0 Å². The van der Waals surface area contributed by atoms with Gasteiger partial charge in [-0.05, 0) is 18.6 Å². The molecule has 1 aromatic heterocycles. The summed E-state index contributed by atoms with van der Waals surface area (Å²) in [6.07, 6.45) is 3.12. The third kappa shape index (κ3) is 4.38. The minimum Gasteiger partial charge on any atom is -0.480 e. The molecule has 7 nitrogen and oxygen atoms in total. The van der Waals surface area contributed by atoms with Gasteiger partial charge in [-0.3, -0.25) is 4.98 Å². The Morgan fingerprint density at radius 3 is 2.78 bits per heavy atom. The zero-order valence-electron chi connectivity index (χ0n) is 10.1. The number of carbonyl (C=O) groups excluding carboxylic acids is 1. The van der Waals surface area contributed by atoms with Gasteiger partial charge in [0.25, 0.3) is 0 Å². The Bertz CT molecular complexity index is 436. The summed E-state index contributed by atoms with van der Waals surface area (Å²) >= 11 is 0. The number of nitrogens with zero attached hydrogens (tertiary/aromatic N) is 1. The smallest absolute Gasteiger partial charge is 0.328 e. The van der Waals surface area contributed by atoms with Crippen LogP contribution in [0.4, 0.5) is 10.5 Å². The molecule has 0 radical (unpaired) electrons. The van der Waals surface area contributed by atoms with E-state index >= 15 is 0 Å². The summed E-state index contributed by atoms with van der Waals surface area (Å²) in [4.78, 5) is 26.2. The molecule has 18 heavy (non-hydrogen) atoms. The van der Waals surface area contributed by atoms with Gasteiger partial charge >= 0.3 is 12.0 Å². The fourth-order valence-corrected chi connectivity index (χ4v) is 1.29. The van der Waals surface area contributed by atoms with Crippen LogP contribution in [-0.2, 0) is 9.53 Å². The summed E-state index contributed by atoms with van der Waals surface area (Å²) in [5.41, 5.74) is 1.38. The van der Waals surface area contributed by atoms with E-state index in [1.165, 1.54) is 13.3 Å². The van der Waals surface area contributed by atoms with Crippen molar-refractivity contribution < 1.29 is 19.4 Å². The Morgan fingerprint density at radius 1 is 1.50 bits per heavy atom. The number of aromatic nitrogens is 1. The number of amides is 2. The van der Waals surface area contributed by atoms with Gasteiger partial charge < -0.3 is 20.5 Å². The van der Waals surface area contributed by atoms with Crippen molar-refractivity contribution in [3.63, 3.8) is 0 Å². The Balaban J connectivity index is 2.57. The number of aryl methyl sites for hydroxylation is 1. The zero-order chi connectivity index (χ0) is 13.5. The number of nitrogens with one attached hydrogen (secondary N) is 2. The summed E-state index contributed by atoms with van der Waals surface area (Å²) < 4.78 is 4.70. The first-order chi connectivity index (χ1) is 8.52. The Labute approximate surface area is 104 Å². The molecule has 1 heterocycles. The first-order valence-corrected chi connectivity index (χ1v) is 5.24. The average molecular weight is 253 g/mol. The lowest BCUT2D eigenvalue weighted by Crippen LogP contribution is -2.45. The first-order valence-electron chi connectivity index (χ1n) is 5.24. The number of aliphatic carboxylic acids is 1. The summed E-state index contributed by atoms with van der Waals surface area (Å²) in [6.45, 7) is 1.73. The summed E-state index contributed by atoms with van der Waals surface area (Å²) in [6, 6.07) is 0.0122. The molecule has 0 bridgehead atoms. The number of carboxylic acid groups (broad SMARTS) is 1. The monoisotopic (exact) mass is 253 g/mol. The fourth-order valence-electron chi connectivity index (χ4n) is 1.29. The average Bonchev–Trinajstić information content (AvgIpc) is 2.28. The summed E-state index contributed by atoms with van der Waals surface area (Å²) in [7, 11) is 1.36. The third-order valence-electron chi connectivity index (χ3n) is 2.07. The molecular formula is C11H15N3O4. The first kappa shape index (κ1) is 13.9. The molecule has 98 valence electrons. The van der Waals surface area contributed by atoms with Crippen molar-refractivity contribution >= 4 is 17.7 Å². The quantitative estimate of drug-likeness (QED) is 0.713. The maximum Gasteiger partial charge on any atom is 0.328 e. The van der Waals surface area contributed by atoms with Gasteiger partial charge in [0.2, 0.25) is 0 Å². The van der Waals surface area contributed by atoms with Crippen molar-refractivity contribution in [1.82, 2.24) is 10.3 Å². The molecular weight excluding hydrogens is 238 g/mol. The SMILES string of the molecule is COCC(NC(=O)Nc1cncc(C)c1)C(=O)O. The summed E-state index contributed by atoms with van der Waals surface area (Å²) in [5.74, 6) is -1.16. The van der Waals surface area contributed by atoms with Crippen LogP contribution < -0.4 is 10.6 Å². The highest BCUT2D eigenvalue weighted by atomic mass is 16.5. The molecule has 0 fully saturated rings. The largest absolute Gasteiger partial charge is 0.480 e. The van der Waals surface area contributed by atoms with Gasteiger partial charge in [0.15, 0.2) is 6.04 Å². The molecule has 1 atom stereocenters. The van der Waals surface area contributed by atoms with Gasteiger partial charge in [0, 0.05) is 13.3 Å².